The fraction of sp³-hybridized carbons (Fsp3) is 0.176. The molecule has 0 radical (unpaired) electrons. The number of rotatable bonds is 2. The van der Waals surface area contributed by atoms with E-state index in [-0.39, 0.29) is 17.9 Å². The average molecular weight is 359 g/mol. The summed E-state index contributed by atoms with van der Waals surface area (Å²) < 4.78 is 40.2. The fourth-order valence-electron chi connectivity index (χ4n) is 2.87. The number of carbonyl (C=O) groups is 1. The molecule has 3 aromatic heterocycles. The quantitative estimate of drug-likeness (QED) is 0.762. The van der Waals surface area contributed by atoms with E-state index in [1.807, 2.05) is 0 Å². The minimum absolute atomic E-state index is 0.220. The number of hydrogen-bond acceptors (Lipinski definition) is 5. The highest BCUT2D eigenvalue weighted by atomic mass is 19.4. The normalized spacial score (nSPS) is 17.2. The first-order valence-corrected chi connectivity index (χ1v) is 7.73. The molecule has 0 saturated heterocycles. The summed E-state index contributed by atoms with van der Waals surface area (Å²) in [5, 5.41) is 7.31. The van der Waals surface area contributed by atoms with E-state index in [4.69, 9.17) is 0 Å². The van der Waals surface area contributed by atoms with Crippen LogP contribution in [0.3, 0.4) is 0 Å². The third-order valence-corrected chi connectivity index (χ3v) is 4.11. The Kier molecular flexibility index (Phi) is 3.80. The van der Waals surface area contributed by atoms with Crippen LogP contribution in [0.2, 0.25) is 0 Å². The van der Waals surface area contributed by atoms with Gasteiger partial charge in [0.15, 0.2) is 5.78 Å². The van der Waals surface area contributed by atoms with Crippen molar-refractivity contribution in [1.82, 2.24) is 25.1 Å². The summed E-state index contributed by atoms with van der Waals surface area (Å²) in [4.78, 5) is 20.1. The number of aromatic nitrogens is 4. The topological polar surface area (TPSA) is 72.7 Å². The molecule has 0 fully saturated rings. The summed E-state index contributed by atoms with van der Waals surface area (Å²) in [6.07, 6.45) is 1.30. The van der Waals surface area contributed by atoms with Crippen LogP contribution in [-0.4, -0.2) is 25.5 Å². The predicted molar refractivity (Wildman–Crippen MR) is 84.5 cm³/mol. The molecule has 0 aliphatic carbocycles. The van der Waals surface area contributed by atoms with E-state index in [0.29, 0.717) is 16.9 Å². The van der Waals surface area contributed by atoms with E-state index in [1.165, 1.54) is 10.7 Å². The SMILES string of the molecule is O=C1c2cn(-c3cccnc3)nc2CNC1c1ccnc(C(F)(F)F)c1. The van der Waals surface area contributed by atoms with Crippen LogP contribution >= 0.6 is 0 Å². The van der Waals surface area contributed by atoms with Crippen LogP contribution in [0.15, 0.2) is 49.1 Å². The second kappa shape index (κ2) is 6.03. The zero-order valence-electron chi connectivity index (χ0n) is 13.2. The lowest BCUT2D eigenvalue weighted by Gasteiger charge is -2.22. The van der Waals surface area contributed by atoms with E-state index in [1.54, 1.807) is 30.7 Å². The predicted octanol–water partition coefficient (Wildman–Crippen LogP) is 2.71. The number of pyridine rings is 2. The molecule has 1 N–H and O–H groups in total. The third kappa shape index (κ3) is 2.86. The van der Waals surface area contributed by atoms with Crippen molar-refractivity contribution in [3.8, 4) is 5.69 Å². The molecule has 26 heavy (non-hydrogen) atoms. The Balaban J connectivity index is 1.68. The molecule has 0 saturated carbocycles. The van der Waals surface area contributed by atoms with Gasteiger partial charge in [0.05, 0.1) is 29.2 Å². The number of fused-ring (bicyclic) bond motifs is 1. The molecule has 3 aromatic rings. The maximum absolute atomic E-state index is 12.9. The Morgan fingerprint density at radius 3 is 2.81 bits per heavy atom. The summed E-state index contributed by atoms with van der Waals surface area (Å²) in [6, 6.07) is 4.96. The Morgan fingerprint density at radius 1 is 1.23 bits per heavy atom. The van der Waals surface area contributed by atoms with Crippen LogP contribution in [-0.2, 0) is 12.7 Å². The van der Waals surface area contributed by atoms with Gasteiger partial charge in [-0.15, -0.1) is 0 Å². The van der Waals surface area contributed by atoms with E-state index < -0.39 is 17.9 Å². The second-order valence-electron chi connectivity index (χ2n) is 5.80. The number of nitrogens with one attached hydrogen (secondary N) is 1. The molecule has 132 valence electrons. The number of nitrogens with zero attached hydrogens (tertiary/aromatic N) is 4. The number of halogens is 3. The lowest BCUT2D eigenvalue weighted by atomic mass is 9.94. The molecule has 9 heteroatoms. The summed E-state index contributed by atoms with van der Waals surface area (Å²) in [7, 11) is 0. The van der Waals surface area contributed by atoms with E-state index >= 15 is 0 Å². The van der Waals surface area contributed by atoms with Gasteiger partial charge >= 0.3 is 6.18 Å². The molecule has 4 heterocycles. The Bertz CT molecular complexity index is 968. The van der Waals surface area contributed by atoms with Crippen LogP contribution in [0.1, 0.15) is 33.4 Å². The summed E-state index contributed by atoms with van der Waals surface area (Å²) in [6.45, 7) is 0.267. The van der Waals surface area contributed by atoms with Gasteiger partial charge in [-0.25, -0.2) is 4.68 Å². The van der Waals surface area contributed by atoms with Crippen molar-refractivity contribution in [2.24, 2.45) is 0 Å². The van der Waals surface area contributed by atoms with E-state index in [2.05, 4.69) is 20.4 Å². The summed E-state index contributed by atoms with van der Waals surface area (Å²) in [5.41, 5.74) is 0.802. The summed E-state index contributed by atoms with van der Waals surface area (Å²) in [5.74, 6) is -0.333. The van der Waals surface area contributed by atoms with Crippen molar-refractivity contribution in [3.05, 3.63) is 71.6 Å². The van der Waals surface area contributed by atoms with Crippen LogP contribution < -0.4 is 5.32 Å². The van der Waals surface area contributed by atoms with Gasteiger partial charge in [0.25, 0.3) is 0 Å². The highest BCUT2D eigenvalue weighted by Crippen LogP contribution is 2.31. The molecule has 0 aromatic carbocycles. The number of hydrogen-bond donors (Lipinski definition) is 1. The first-order valence-electron chi connectivity index (χ1n) is 7.73. The maximum atomic E-state index is 12.9. The highest BCUT2D eigenvalue weighted by Gasteiger charge is 2.35. The van der Waals surface area contributed by atoms with Gasteiger partial charge in [-0.1, -0.05) is 0 Å². The number of alkyl halides is 3. The lowest BCUT2D eigenvalue weighted by Crippen LogP contribution is -2.34. The smallest absolute Gasteiger partial charge is 0.298 e. The molecule has 6 nitrogen and oxygen atoms in total. The first-order chi connectivity index (χ1) is 12.4. The molecule has 4 rings (SSSR count). The highest BCUT2D eigenvalue weighted by molar-refractivity contribution is 6.02. The third-order valence-electron chi connectivity index (χ3n) is 4.11. The van der Waals surface area contributed by atoms with Gasteiger partial charge in [0, 0.05) is 25.1 Å². The van der Waals surface area contributed by atoms with E-state index in [0.717, 1.165) is 12.3 Å². The van der Waals surface area contributed by atoms with Crippen molar-refractivity contribution < 1.29 is 18.0 Å². The summed E-state index contributed by atoms with van der Waals surface area (Å²) >= 11 is 0. The monoisotopic (exact) mass is 359 g/mol. The minimum Gasteiger partial charge on any atom is -0.298 e. The van der Waals surface area contributed by atoms with Crippen molar-refractivity contribution >= 4 is 5.78 Å². The molecule has 1 aliphatic rings. The van der Waals surface area contributed by atoms with Gasteiger partial charge in [0.2, 0.25) is 0 Å². The average Bonchev–Trinajstić information content (AvgIpc) is 3.07. The molecule has 0 spiro atoms. The van der Waals surface area contributed by atoms with Crippen molar-refractivity contribution in [2.75, 3.05) is 0 Å². The van der Waals surface area contributed by atoms with E-state index in [9.17, 15) is 18.0 Å². The van der Waals surface area contributed by atoms with Crippen LogP contribution in [0.5, 0.6) is 0 Å². The van der Waals surface area contributed by atoms with Gasteiger partial charge in [-0.2, -0.15) is 18.3 Å². The van der Waals surface area contributed by atoms with Crippen LogP contribution in [0.25, 0.3) is 5.69 Å². The maximum Gasteiger partial charge on any atom is 0.433 e. The zero-order valence-corrected chi connectivity index (χ0v) is 13.2. The molecule has 0 bridgehead atoms. The Labute approximate surface area is 145 Å². The van der Waals surface area contributed by atoms with Gasteiger partial charge in [-0.05, 0) is 29.8 Å². The molecule has 1 unspecified atom stereocenters. The van der Waals surface area contributed by atoms with Crippen LogP contribution in [0.4, 0.5) is 13.2 Å². The molecular weight excluding hydrogens is 347 g/mol. The Morgan fingerprint density at radius 2 is 2.08 bits per heavy atom. The molecule has 0 amide bonds. The van der Waals surface area contributed by atoms with Crippen molar-refractivity contribution in [3.63, 3.8) is 0 Å². The standard InChI is InChI=1S/C17H12F3N5O/c18-17(19,20)14-6-10(3-5-22-14)15-16(26)12-9-25(24-13(12)8-23-15)11-2-1-4-21-7-11/h1-7,9,15,23H,8H2. The minimum atomic E-state index is -4.57. The molecule has 1 aliphatic heterocycles. The van der Waals surface area contributed by atoms with Crippen molar-refractivity contribution in [2.45, 2.75) is 18.8 Å². The molecular formula is C17H12F3N5O. The van der Waals surface area contributed by atoms with Crippen molar-refractivity contribution in [1.29, 1.82) is 0 Å². The Hall–Kier alpha value is -3.07. The zero-order chi connectivity index (χ0) is 18.3. The first kappa shape index (κ1) is 16.4. The number of carbonyl (C=O) groups excluding carboxylic acids is 1. The largest absolute Gasteiger partial charge is 0.433 e. The lowest BCUT2D eigenvalue weighted by molar-refractivity contribution is -0.141. The van der Waals surface area contributed by atoms with Gasteiger partial charge < -0.3 is 0 Å². The molecule has 1 atom stereocenters. The second-order valence-corrected chi connectivity index (χ2v) is 5.80. The van der Waals surface area contributed by atoms with Crippen LogP contribution in [0, 0.1) is 0 Å². The fourth-order valence-corrected chi connectivity index (χ4v) is 2.87. The number of Topliss-reactive ketones (excluding diaryl/α,β-unsaturated/α-hetero) is 1. The number of ketones is 1. The van der Waals surface area contributed by atoms with Gasteiger partial charge in [0.1, 0.15) is 5.69 Å². The van der Waals surface area contributed by atoms with Gasteiger partial charge in [-0.3, -0.25) is 20.1 Å².